The highest BCUT2D eigenvalue weighted by Crippen LogP contribution is 2.04. The van der Waals surface area contributed by atoms with Gasteiger partial charge >= 0.3 is 0 Å². The van der Waals surface area contributed by atoms with Crippen LogP contribution in [-0.4, -0.2) is 55.9 Å². The van der Waals surface area contributed by atoms with Crippen LogP contribution in [0.2, 0.25) is 0 Å². The molecule has 1 rings (SSSR count). The molecule has 0 bridgehead atoms. The zero-order valence-electron chi connectivity index (χ0n) is 16.6. The summed E-state index contributed by atoms with van der Waals surface area (Å²) in [6, 6.07) is 10.0. The topological polar surface area (TPSA) is 47.9 Å². The summed E-state index contributed by atoms with van der Waals surface area (Å²) >= 11 is 0. The summed E-state index contributed by atoms with van der Waals surface area (Å²) in [4.78, 5) is 20.5. The predicted molar refractivity (Wildman–Crippen MR) is 110 cm³/mol. The van der Waals surface area contributed by atoms with E-state index in [4.69, 9.17) is 0 Å². The molecule has 0 aliphatic rings. The maximum atomic E-state index is 12.3. The van der Waals surface area contributed by atoms with Gasteiger partial charge in [0.1, 0.15) is 0 Å². The summed E-state index contributed by atoms with van der Waals surface area (Å²) in [5.74, 6) is 0.969. The van der Waals surface area contributed by atoms with Crippen molar-refractivity contribution in [3.05, 3.63) is 48.6 Å². The number of carbonyl (C=O) groups excluding carboxylic acids is 1. The molecule has 0 saturated heterocycles. The van der Waals surface area contributed by atoms with Crippen molar-refractivity contribution in [2.75, 3.05) is 34.2 Å². The van der Waals surface area contributed by atoms with Gasteiger partial charge in [-0.25, -0.2) is 0 Å². The first-order chi connectivity index (χ1) is 12.6. The number of allylic oxidation sites excluding steroid dienone is 1. The average Bonchev–Trinajstić information content (AvgIpc) is 2.65. The molecule has 1 amide bonds. The van der Waals surface area contributed by atoms with Crippen LogP contribution in [0.3, 0.4) is 0 Å². The normalized spacial score (nSPS) is 11.1. The summed E-state index contributed by atoms with van der Waals surface area (Å²) in [5, 5.41) is 3.28. The lowest BCUT2D eigenvalue weighted by atomic mass is 10.2. The Balaban J connectivity index is 2.28. The molecule has 0 atom stereocenters. The van der Waals surface area contributed by atoms with E-state index in [0.29, 0.717) is 19.5 Å². The van der Waals surface area contributed by atoms with Gasteiger partial charge in [-0.3, -0.25) is 9.79 Å². The number of hydrogen-bond acceptors (Lipinski definition) is 2. The van der Waals surface area contributed by atoms with Crippen molar-refractivity contribution in [3.63, 3.8) is 0 Å². The molecule has 5 nitrogen and oxygen atoms in total. The predicted octanol–water partition coefficient (Wildman–Crippen LogP) is 3.29. The average molecular weight is 359 g/mol. The Morgan fingerprint density at radius 2 is 1.88 bits per heavy atom. The summed E-state index contributed by atoms with van der Waals surface area (Å²) in [6.45, 7) is 5.93. The first kappa shape index (κ1) is 21.7. The first-order valence-corrected chi connectivity index (χ1v) is 9.39. The summed E-state index contributed by atoms with van der Waals surface area (Å²) in [6.07, 6.45) is 7.01. The Morgan fingerprint density at radius 1 is 1.15 bits per heavy atom. The second kappa shape index (κ2) is 13.0. The van der Waals surface area contributed by atoms with Gasteiger partial charge in [-0.15, -0.1) is 6.58 Å². The lowest BCUT2D eigenvalue weighted by Gasteiger charge is -2.23. The highest BCUT2D eigenvalue weighted by Gasteiger charge is 2.10. The molecule has 0 fully saturated rings. The number of amides is 1. The van der Waals surface area contributed by atoms with Crippen molar-refractivity contribution in [2.24, 2.45) is 4.99 Å². The van der Waals surface area contributed by atoms with E-state index in [2.05, 4.69) is 21.8 Å². The van der Waals surface area contributed by atoms with Gasteiger partial charge < -0.3 is 15.1 Å². The molecule has 1 aromatic rings. The zero-order valence-corrected chi connectivity index (χ0v) is 16.6. The highest BCUT2D eigenvalue weighted by molar-refractivity contribution is 5.81. The molecule has 0 unspecified atom stereocenters. The fourth-order valence-electron chi connectivity index (χ4n) is 2.72. The monoisotopic (exact) mass is 358 g/mol. The standard InChI is InChI=1S/C21H34N4O/c1-5-6-7-8-12-17-24(3)21(22-2)23-16-15-20(26)25(4)18-19-13-10-9-11-14-19/h5,9-11,13-14H,1,6-8,12,15-18H2,2-4H3,(H,22,23). The second-order valence-corrected chi connectivity index (χ2v) is 6.52. The van der Waals surface area contributed by atoms with Gasteiger partial charge in [0.2, 0.25) is 5.91 Å². The van der Waals surface area contributed by atoms with Gasteiger partial charge in [0.25, 0.3) is 0 Å². The first-order valence-electron chi connectivity index (χ1n) is 9.39. The Hall–Kier alpha value is -2.30. The zero-order chi connectivity index (χ0) is 19.2. The molecule has 0 saturated carbocycles. The highest BCUT2D eigenvalue weighted by atomic mass is 16.2. The van der Waals surface area contributed by atoms with E-state index in [1.807, 2.05) is 50.5 Å². The van der Waals surface area contributed by atoms with Crippen LogP contribution in [0.25, 0.3) is 0 Å². The minimum atomic E-state index is 0.129. The number of rotatable bonds is 11. The molecule has 1 N–H and O–H groups in total. The van der Waals surface area contributed by atoms with Crippen molar-refractivity contribution >= 4 is 11.9 Å². The van der Waals surface area contributed by atoms with Crippen LogP contribution in [0.5, 0.6) is 0 Å². The molecule has 0 heterocycles. The molecule has 144 valence electrons. The van der Waals surface area contributed by atoms with E-state index < -0.39 is 0 Å². The molecule has 26 heavy (non-hydrogen) atoms. The lowest BCUT2D eigenvalue weighted by Crippen LogP contribution is -2.41. The van der Waals surface area contributed by atoms with Crippen LogP contribution in [-0.2, 0) is 11.3 Å². The third-order valence-corrected chi connectivity index (χ3v) is 4.29. The van der Waals surface area contributed by atoms with E-state index in [-0.39, 0.29) is 5.91 Å². The number of carbonyl (C=O) groups is 1. The third kappa shape index (κ3) is 8.70. The smallest absolute Gasteiger partial charge is 0.224 e. The van der Waals surface area contributed by atoms with Crippen LogP contribution in [0.4, 0.5) is 0 Å². The molecule has 0 spiro atoms. The Kier molecular flexibility index (Phi) is 10.9. The molecule has 0 radical (unpaired) electrons. The number of guanidine groups is 1. The minimum absolute atomic E-state index is 0.129. The van der Waals surface area contributed by atoms with Crippen LogP contribution in [0.15, 0.2) is 48.0 Å². The van der Waals surface area contributed by atoms with E-state index in [1.165, 1.54) is 12.8 Å². The largest absolute Gasteiger partial charge is 0.356 e. The number of nitrogens with zero attached hydrogens (tertiary/aromatic N) is 3. The van der Waals surface area contributed by atoms with Gasteiger partial charge in [-0.1, -0.05) is 42.8 Å². The third-order valence-electron chi connectivity index (χ3n) is 4.29. The summed E-state index contributed by atoms with van der Waals surface area (Å²) < 4.78 is 0. The van der Waals surface area contributed by atoms with Gasteiger partial charge in [-0.2, -0.15) is 0 Å². The molecule has 0 aliphatic heterocycles. The quantitative estimate of drug-likeness (QED) is 0.286. The van der Waals surface area contributed by atoms with E-state index in [9.17, 15) is 4.79 Å². The van der Waals surface area contributed by atoms with Crippen molar-refractivity contribution in [1.82, 2.24) is 15.1 Å². The minimum Gasteiger partial charge on any atom is -0.356 e. The van der Waals surface area contributed by atoms with Crippen LogP contribution >= 0.6 is 0 Å². The number of nitrogens with one attached hydrogen (secondary N) is 1. The molecule has 5 heteroatoms. The number of aliphatic imine (C=N–C) groups is 1. The SMILES string of the molecule is C=CCCCCCN(C)C(=NC)NCCC(=O)N(C)Cc1ccccc1. The van der Waals surface area contributed by atoms with E-state index in [0.717, 1.165) is 30.9 Å². The lowest BCUT2D eigenvalue weighted by molar-refractivity contribution is -0.130. The number of unbranched alkanes of at least 4 members (excludes halogenated alkanes) is 3. The fraction of sp³-hybridized carbons (Fsp3) is 0.524. The maximum absolute atomic E-state index is 12.3. The molecule has 0 aliphatic carbocycles. The van der Waals surface area contributed by atoms with E-state index >= 15 is 0 Å². The van der Waals surface area contributed by atoms with Crippen LogP contribution in [0, 0.1) is 0 Å². The van der Waals surface area contributed by atoms with Gasteiger partial charge in [0, 0.05) is 47.2 Å². The molecular weight excluding hydrogens is 324 g/mol. The molecule has 1 aromatic carbocycles. The molecular formula is C21H34N4O. The van der Waals surface area contributed by atoms with Crippen molar-refractivity contribution in [1.29, 1.82) is 0 Å². The van der Waals surface area contributed by atoms with Crippen molar-refractivity contribution in [3.8, 4) is 0 Å². The summed E-state index contributed by atoms with van der Waals surface area (Å²) in [5.41, 5.74) is 1.14. The number of hydrogen-bond donors (Lipinski definition) is 1. The Bertz CT molecular complexity index is 556. The molecule has 0 aromatic heterocycles. The van der Waals surface area contributed by atoms with Gasteiger partial charge in [0.15, 0.2) is 5.96 Å². The maximum Gasteiger partial charge on any atom is 0.224 e. The van der Waals surface area contributed by atoms with Gasteiger partial charge in [0.05, 0.1) is 0 Å². The van der Waals surface area contributed by atoms with Crippen LogP contribution < -0.4 is 5.32 Å². The summed E-state index contributed by atoms with van der Waals surface area (Å²) in [7, 11) is 5.66. The van der Waals surface area contributed by atoms with E-state index in [1.54, 1.807) is 11.9 Å². The van der Waals surface area contributed by atoms with Crippen molar-refractivity contribution in [2.45, 2.75) is 38.6 Å². The number of benzene rings is 1. The Morgan fingerprint density at radius 3 is 2.54 bits per heavy atom. The van der Waals surface area contributed by atoms with Crippen molar-refractivity contribution < 1.29 is 4.79 Å². The second-order valence-electron chi connectivity index (χ2n) is 6.52. The van der Waals surface area contributed by atoms with Crippen LogP contribution in [0.1, 0.15) is 37.7 Å². The fourth-order valence-corrected chi connectivity index (χ4v) is 2.72. The van der Waals surface area contributed by atoms with Gasteiger partial charge in [-0.05, 0) is 24.8 Å². The Labute approximate surface area is 158 Å².